The Morgan fingerprint density at radius 1 is 0.887 bits per heavy atom. The number of nitrogens with zero attached hydrogens (tertiary/aromatic N) is 2. The Balaban J connectivity index is 1.17. The van der Waals surface area contributed by atoms with Gasteiger partial charge in [-0.1, -0.05) is 69.0 Å². The van der Waals surface area contributed by atoms with Gasteiger partial charge >= 0.3 is 5.97 Å². The number of hydrogen-bond acceptors (Lipinski definition) is 7. The van der Waals surface area contributed by atoms with Gasteiger partial charge in [0.25, 0.3) is 11.8 Å². The SMILES string of the molecule is CC(=Cc1ccc(C#C[C@@]2(O)CC[C@@]3(C)C(C[C@@H](O)C4C3C[C@H](O)[C@]3(C)C(C(C)CCC(=O)OCc5ccccc5)CCC43)C2)cc1C=C(C)C(=O)N=C(N)N)C(=O)N=C(N)N. The van der Waals surface area contributed by atoms with Crippen molar-refractivity contribution in [3.05, 3.63) is 81.9 Å². The third-order valence-electron chi connectivity index (χ3n) is 15.1. The predicted molar refractivity (Wildman–Crippen MR) is 240 cm³/mol. The molecule has 4 aliphatic carbocycles. The second-order valence-electron chi connectivity index (χ2n) is 18.9. The Morgan fingerprint density at radius 2 is 1.53 bits per heavy atom. The Hall–Kier alpha value is -5.29. The molecule has 4 saturated carbocycles. The highest BCUT2D eigenvalue weighted by atomic mass is 16.5. The van der Waals surface area contributed by atoms with Crippen molar-refractivity contribution in [1.29, 1.82) is 0 Å². The number of fused-ring (bicyclic) bond motifs is 5. The monoisotopic (exact) mass is 848 g/mol. The van der Waals surface area contributed by atoms with Gasteiger partial charge in [0.05, 0.1) is 12.2 Å². The number of esters is 1. The smallest absolute Gasteiger partial charge is 0.306 e. The summed E-state index contributed by atoms with van der Waals surface area (Å²) in [7, 11) is 0. The molecule has 62 heavy (non-hydrogen) atoms. The second kappa shape index (κ2) is 18.6. The van der Waals surface area contributed by atoms with Gasteiger partial charge in [-0.25, -0.2) is 0 Å². The highest BCUT2D eigenvalue weighted by Crippen LogP contribution is 2.69. The average molecular weight is 849 g/mol. The fourth-order valence-electron chi connectivity index (χ4n) is 11.7. The zero-order valence-corrected chi connectivity index (χ0v) is 36.6. The van der Waals surface area contributed by atoms with Gasteiger partial charge in [0.1, 0.15) is 12.2 Å². The van der Waals surface area contributed by atoms with E-state index < -0.39 is 29.6 Å². The molecule has 13 heteroatoms. The van der Waals surface area contributed by atoms with E-state index in [4.69, 9.17) is 27.7 Å². The van der Waals surface area contributed by atoms with Gasteiger partial charge < -0.3 is 43.0 Å². The molecule has 0 heterocycles. The summed E-state index contributed by atoms with van der Waals surface area (Å²) in [4.78, 5) is 45.1. The van der Waals surface area contributed by atoms with Crippen molar-refractivity contribution < 1.29 is 34.4 Å². The minimum Gasteiger partial charge on any atom is -0.461 e. The van der Waals surface area contributed by atoms with E-state index in [1.54, 1.807) is 44.2 Å². The van der Waals surface area contributed by atoms with Crippen molar-refractivity contribution in [3.8, 4) is 11.8 Å². The molecule has 0 aromatic heterocycles. The number of nitrogens with two attached hydrogens (primary N) is 4. The molecule has 2 aromatic rings. The van der Waals surface area contributed by atoms with Gasteiger partial charge in [-0.2, -0.15) is 9.98 Å². The summed E-state index contributed by atoms with van der Waals surface area (Å²) in [5.41, 5.74) is 22.9. The summed E-state index contributed by atoms with van der Waals surface area (Å²) in [5.74, 6) is 4.82. The number of benzene rings is 2. The first-order valence-electron chi connectivity index (χ1n) is 21.8. The van der Waals surface area contributed by atoms with Gasteiger partial charge in [0.15, 0.2) is 11.9 Å². The third kappa shape index (κ3) is 9.83. The van der Waals surface area contributed by atoms with Crippen LogP contribution in [0.2, 0.25) is 0 Å². The number of aliphatic hydroxyl groups is 3. The molecule has 0 radical (unpaired) electrons. The molecule has 4 fully saturated rings. The Kier molecular flexibility index (Phi) is 13.9. The molecule has 13 nitrogen and oxygen atoms in total. The van der Waals surface area contributed by atoms with E-state index in [9.17, 15) is 29.7 Å². The van der Waals surface area contributed by atoms with Crippen molar-refractivity contribution in [2.24, 2.45) is 79.3 Å². The number of aliphatic imine (C=N–C) groups is 2. The van der Waals surface area contributed by atoms with Crippen LogP contribution >= 0.6 is 0 Å². The number of ether oxygens (including phenoxy) is 1. The summed E-state index contributed by atoms with van der Waals surface area (Å²) < 4.78 is 5.57. The minimum atomic E-state index is -1.31. The van der Waals surface area contributed by atoms with Crippen LogP contribution in [0.3, 0.4) is 0 Å². The summed E-state index contributed by atoms with van der Waals surface area (Å²) in [6, 6.07) is 14.9. The zero-order valence-electron chi connectivity index (χ0n) is 36.6. The summed E-state index contributed by atoms with van der Waals surface area (Å²) in [5, 5.41) is 36.2. The Morgan fingerprint density at radius 3 is 2.18 bits per heavy atom. The van der Waals surface area contributed by atoms with Crippen molar-refractivity contribution in [3.63, 3.8) is 0 Å². The topological polar surface area (TPSA) is 250 Å². The number of carbonyl (C=O) groups is 3. The molecular weight excluding hydrogens is 785 g/mol. The molecule has 4 aliphatic rings. The van der Waals surface area contributed by atoms with E-state index in [-0.39, 0.29) is 82.0 Å². The molecule has 11 atom stereocenters. The summed E-state index contributed by atoms with van der Waals surface area (Å²) in [6.07, 6.45) is 7.61. The van der Waals surface area contributed by atoms with Crippen molar-refractivity contribution in [1.82, 2.24) is 0 Å². The van der Waals surface area contributed by atoms with E-state index in [0.717, 1.165) is 18.4 Å². The van der Waals surface area contributed by atoms with Crippen LogP contribution in [0.25, 0.3) is 12.2 Å². The number of rotatable bonds is 10. The fourth-order valence-corrected chi connectivity index (χ4v) is 11.7. The molecule has 6 rings (SSSR count). The number of hydrogen-bond donors (Lipinski definition) is 7. The normalized spacial score (nSPS) is 32.1. The summed E-state index contributed by atoms with van der Waals surface area (Å²) in [6.45, 7) is 10.1. The molecule has 2 amide bonds. The van der Waals surface area contributed by atoms with Crippen LogP contribution in [0.15, 0.2) is 69.7 Å². The van der Waals surface area contributed by atoms with Crippen LogP contribution in [0, 0.1) is 58.2 Å². The van der Waals surface area contributed by atoms with E-state index in [1.165, 1.54) is 0 Å². The third-order valence-corrected chi connectivity index (χ3v) is 15.1. The first kappa shape index (κ1) is 46.2. The quantitative estimate of drug-likeness (QED) is 0.0555. The maximum absolute atomic E-state index is 12.7. The molecule has 0 spiro atoms. The first-order chi connectivity index (χ1) is 29.2. The van der Waals surface area contributed by atoms with Crippen LogP contribution < -0.4 is 22.9 Å². The number of carbonyl (C=O) groups excluding carboxylic acids is 3. The number of amides is 2. The van der Waals surface area contributed by atoms with Gasteiger partial charge in [-0.05, 0) is 153 Å². The van der Waals surface area contributed by atoms with E-state index in [1.807, 2.05) is 30.3 Å². The van der Waals surface area contributed by atoms with Crippen molar-refractivity contribution in [2.75, 3.05) is 0 Å². The largest absolute Gasteiger partial charge is 0.461 e. The lowest BCUT2D eigenvalue weighted by Gasteiger charge is -2.64. The van der Waals surface area contributed by atoms with E-state index in [2.05, 4.69) is 42.6 Å². The van der Waals surface area contributed by atoms with Crippen molar-refractivity contribution >= 4 is 41.9 Å². The molecule has 332 valence electrons. The van der Waals surface area contributed by atoms with E-state index in [0.29, 0.717) is 61.6 Å². The van der Waals surface area contributed by atoms with Crippen LogP contribution in [0.4, 0.5) is 0 Å². The second-order valence-corrected chi connectivity index (χ2v) is 18.9. The molecule has 0 saturated heterocycles. The van der Waals surface area contributed by atoms with Crippen molar-refractivity contribution in [2.45, 2.75) is 117 Å². The van der Waals surface area contributed by atoms with Crippen LogP contribution in [-0.2, 0) is 25.7 Å². The van der Waals surface area contributed by atoms with Crippen LogP contribution in [0.1, 0.15) is 115 Å². The fraction of sp³-hybridized carbons (Fsp3) is 0.531. The highest BCUT2D eigenvalue weighted by Gasteiger charge is 2.66. The standard InChI is InChI=1S/C49H64N6O7/c1-28(11-16-41(58)62-27-32-9-7-6-8-10-32)36-14-15-37-42-38(25-40(57)48(36,37)5)47(4)19-20-49(61,26-35(47)24-39(42)56)18-17-31-12-13-33(21-29(2)43(59)54-45(50)51)34(23-31)22-30(3)44(60)55-46(52)53/h6-10,12-13,21-23,28,35-40,42,56-57,61H,11,14-16,19-20,24-27H2,1-5H3,(H4,50,51,54,59)(H4,52,53,55,60)/t28?,35?,36?,37?,38?,39-,40+,42?,47+,48-,49-/m1/s1. The number of aliphatic hydroxyl groups excluding tert-OH is 2. The summed E-state index contributed by atoms with van der Waals surface area (Å²) >= 11 is 0. The van der Waals surface area contributed by atoms with Gasteiger partial charge in [0, 0.05) is 23.1 Å². The molecule has 2 aromatic carbocycles. The lowest BCUT2D eigenvalue weighted by Crippen LogP contribution is -2.63. The maximum Gasteiger partial charge on any atom is 0.306 e. The molecule has 6 unspecified atom stereocenters. The predicted octanol–water partition coefficient (Wildman–Crippen LogP) is 4.94. The highest BCUT2D eigenvalue weighted by molar-refractivity contribution is 6.05. The lowest BCUT2D eigenvalue weighted by atomic mass is 9.42. The molecular formula is C49H64N6O7. The molecule has 11 N–H and O–H groups in total. The van der Waals surface area contributed by atoms with Gasteiger partial charge in [0.2, 0.25) is 0 Å². The molecule has 0 bridgehead atoms. The van der Waals surface area contributed by atoms with Gasteiger partial charge in [-0.3, -0.25) is 14.4 Å². The van der Waals surface area contributed by atoms with E-state index >= 15 is 0 Å². The van der Waals surface area contributed by atoms with Crippen LogP contribution in [0.5, 0.6) is 0 Å². The maximum atomic E-state index is 12.7. The Labute approximate surface area is 365 Å². The number of guanidine groups is 2. The first-order valence-corrected chi connectivity index (χ1v) is 21.8. The zero-order chi connectivity index (χ0) is 45.1. The average Bonchev–Trinajstić information content (AvgIpc) is 3.58. The minimum absolute atomic E-state index is 0.0117. The van der Waals surface area contributed by atoms with Gasteiger partial charge in [-0.15, -0.1) is 0 Å². The Bertz CT molecular complexity index is 2220. The lowest BCUT2D eigenvalue weighted by molar-refractivity contribution is -0.211. The molecule has 0 aliphatic heterocycles. The van der Waals surface area contributed by atoms with Crippen LogP contribution in [-0.4, -0.2) is 62.8 Å².